The number of fused-ring (bicyclic) bond motifs is 1. The summed E-state index contributed by atoms with van der Waals surface area (Å²) in [7, 11) is 0. The smallest absolute Gasteiger partial charge is 0.176 e. The van der Waals surface area contributed by atoms with Gasteiger partial charge in [-0.2, -0.15) is 5.10 Å². The molecule has 4 rings (SSSR count). The molecule has 3 heterocycles. The highest BCUT2D eigenvalue weighted by Crippen LogP contribution is 2.36. The molecular weight excluding hydrogens is 280 g/mol. The van der Waals surface area contributed by atoms with Crippen LogP contribution in [0.2, 0.25) is 0 Å². The number of nitrogens with one attached hydrogen (secondary N) is 1. The van der Waals surface area contributed by atoms with E-state index < -0.39 is 0 Å². The molecule has 0 radical (unpaired) electrons. The number of aryl methyl sites for hydroxylation is 1. The summed E-state index contributed by atoms with van der Waals surface area (Å²) in [6.07, 6.45) is 9.11. The largest absolute Gasteiger partial charge is 0.375 e. The second kappa shape index (κ2) is 5.33. The minimum Gasteiger partial charge on any atom is -0.375 e. The third kappa shape index (κ3) is 2.34. The summed E-state index contributed by atoms with van der Waals surface area (Å²) in [5.41, 5.74) is 2.48. The van der Waals surface area contributed by atoms with Gasteiger partial charge in [0.2, 0.25) is 0 Å². The van der Waals surface area contributed by atoms with E-state index in [2.05, 4.69) is 32.9 Å². The quantitative estimate of drug-likeness (QED) is 0.799. The standard InChI is InChI=1S/C16H16N4S/c1-4-13(12-7-11-21-15(12)6-1)19-14-5-2-8-17-16(14)20-10-3-9-18-20/h2-3,5,7-11,13,19H,1,4,6H2. The third-order valence-electron chi connectivity index (χ3n) is 3.89. The van der Waals surface area contributed by atoms with Gasteiger partial charge in [-0.05, 0) is 54.5 Å². The van der Waals surface area contributed by atoms with Crippen molar-refractivity contribution in [2.24, 2.45) is 0 Å². The zero-order valence-corrected chi connectivity index (χ0v) is 12.4. The van der Waals surface area contributed by atoms with Crippen LogP contribution in [0.4, 0.5) is 5.69 Å². The van der Waals surface area contributed by atoms with Crippen LogP contribution in [0.3, 0.4) is 0 Å². The van der Waals surface area contributed by atoms with E-state index in [-0.39, 0.29) is 0 Å². The molecule has 1 N–H and O–H groups in total. The van der Waals surface area contributed by atoms with E-state index in [1.54, 1.807) is 17.1 Å². The molecule has 1 unspecified atom stereocenters. The van der Waals surface area contributed by atoms with Crippen LogP contribution >= 0.6 is 11.3 Å². The van der Waals surface area contributed by atoms with Gasteiger partial charge in [0.25, 0.3) is 0 Å². The van der Waals surface area contributed by atoms with Crippen LogP contribution in [0.5, 0.6) is 0 Å². The lowest BCUT2D eigenvalue weighted by atomic mass is 9.94. The molecule has 0 aromatic carbocycles. The second-order valence-corrected chi connectivity index (χ2v) is 6.21. The zero-order chi connectivity index (χ0) is 14.1. The fourth-order valence-corrected chi connectivity index (χ4v) is 3.90. The van der Waals surface area contributed by atoms with E-state index in [9.17, 15) is 0 Å². The van der Waals surface area contributed by atoms with Crippen molar-refractivity contribution in [2.45, 2.75) is 25.3 Å². The predicted molar refractivity (Wildman–Crippen MR) is 85.0 cm³/mol. The van der Waals surface area contributed by atoms with Crippen molar-refractivity contribution in [1.29, 1.82) is 0 Å². The maximum Gasteiger partial charge on any atom is 0.176 e. The van der Waals surface area contributed by atoms with Crippen LogP contribution in [0, 0.1) is 0 Å². The Morgan fingerprint density at radius 3 is 3.14 bits per heavy atom. The highest BCUT2D eigenvalue weighted by Gasteiger charge is 2.22. The van der Waals surface area contributed by atoms with Crippen LogP contribution in [0.1, 0.15) is 29.3 Å². The molecule has 0 aliphatic heterocycles. The SMILES string of the molecule is c1cnc(-n2cccn2)c(NC2CCCc3sccc32)c1. The number of nitrogens with zero attached hydrogens (tertiary/aromatic N) is 3. The molecule has 4 nitrogen and oxygen atoms in total. The maximum atomic E-state index is 4.47. The number of thiophene rings is 1. The first-order chi connectivity index (χ1) is 10.4. The molecule has 0 fully saturated rings. The molecule has 5 heteroatoms. The normalized spacial score (nSPS) is 17.4. The Kier molecular flexibility index (Phi) is 3.20. The molecule has 0 bridgehead atoms. The van der Waals surface area contributed by atoms with Crippen LogP contribution in [0.25, 0.3) is 5.82 Å². The summed E-state index contributed by atoms with van der Waals surface area (Å²) < 4.78 is 1.81. The Morgan fingerprint density at radius 1 is 1.24 bits per heavy atom. The maximum absolute atomic E-state index is 4.47. The van der Waals surface area contributed by atoms with Gasteiger partial charge in [-0.3, -0.25) is 0 Å². The highest BCUT2D eigenvalue weighted by atomic mass is 32.1. The molecule has 0 amide bonds. The minimum atomic E-state index is 0.374. The summed E-state index contributed by atoms with van der Waals surface area (Å²) in [6.45, 7) is 0. The van der Waals surface area contributed by atoms with Crippen molar-refractivity contribution in [3.8, 4) is 5.82 Å². The van der Waals surface area contributed by atoms with Gasteiger partial charge in [0.05, 0.1) is 11.7 Å². The summed E-state index contributed by atoms with van der Waals surface area (Å²) in [4.78, 5) is 5.99. The third-order valence-corrected chi connectivity index (χ3v) is 4.89. The van der Waals surface area contributed by atoms with Crippen LogP contribution in [-0.2, 0) is 6.42 Å². The molecule has 1 aliphatic carbocycles. The Labute approximate surface area is 127 Å². The van der Waals surface area contributed by atoms with Gasteiger partial charge in [0.1, 0.15) is 0 Å². The molecule has 1 atom stereocenters. The Balaban J connectivity index is 1.68. The number of hydrogen-bond donors (Lipinski definition) is 1. The van der Waals surface area contributed by atoms with E-state index in [1.165, 1.54) is 23.3 Å². The summed E-state index contributed by atoms with van der Waals surface area (Å²) >= 11 is 1.87. The van der Waals surface area contributed by atoms with Crippen molar-refractivity contribution in [3.05, 3.63) is 58.7 Å². The van der Waals surface area contributed by atoms with Gasteiger partial charge in [-0.25, -0.2) is 9.67 Å². The van der Waals surface area contributed by atoms with Gasteiger partial charge in [0, 0.05) is 23.5 Å². The number of anilines is 1. The molecule has 3 aromatic rings. The van der Waals surface area contributed by atoms with Gasteiger partial charge in [-0.15, -0.1) is 11.3 Å². The fraction of sp³-hybridized carbons (Fsp3) is 0.250. The molecule has 0 saturated heterocycles. The van der Waals surface area contributed by atoms with Gasteiger partial charge < -0.3 is 5.32 Å². The summed E-state index contributed by atoms with van der Waals surface area (Å²) in [5, 5.41) is 10.2. The van der Waals surface area contributed by atoms with Crippen molar-refractivity contribution in [2.75, 3.05) is 5.32 Å². The summed E-state index contributed by atoms with van der Waals surface area (Å²) in [6, 6.07) is 8.58. The van der Waals surface area contributed by atoms with Gasteiger partial charge >= 0.3 is 0 Å². The fourth-order valence-electron chi connectivity index (χ4n) is 2.91. The van der Waals surface area contributed by atoms with Crippen molar-refractivity contribution >= 4 is 17.0 Å². The first kappa shape index (κ1) is 12.6. The Bertz CT molecular complexity index is 732. The average Bonchev–Trinajstić information content (AvgIpc) is 3.20. The zero-order valence-electron chi connectivity index (χ0n) is 11.6. The minimum absolute atomic E-state index is 0.374. The molecule has 21 heavy (non-hydrogen) atoms. The lowest BCUT2D eigenvalue weighted by Gasteiger charge is -2.25. The lowest BCUT2D eigenvalue weighted by Crippen LogP contribution is -2.17. The van der Waals surface area contributed by atoms with E-state index >= 15 is 0 Å². The van der Waals surface area contributed by atoms with Crippen molar-refractivity contribution in [3.63, 3.8) is 0 Å². The monoisotopic (exact) mass is 296 g/mol. The molecule has 1 aliphatic rings. The van der Waals surface area contributed by atoms with Crippen LogP contribution < -0.4 is 5.32 Å². The summed E-state index contributed by atoms with van der Waals surface area (Å²) in [5.74, 6) is 0.852. The van der Waals surface area contributed by atoms with Crippen molar-refractivity contribution < 1.29 is 0 Å². The molecule has 0 spiro atoms. The van der Waals surface area contributed by atoms with E-state index in [0.29, 0.717) is 6.04 Å². The number of rotatable bonds is 3. The van der Waals surface area contributed by atoms with E-state index in [1.807, 2.05) is 29.7 Å². The number of aromatic nitrogens is 3. The highest BCUT2D eigenvalue weighted by molar-refractivity contribution is 7.10. The second-order valence-electron chi connectivity index (χ2n) is 5.21. The van der Waals surface area contributed by atoms with Crippen LogP contribution in [-0.4, -0.2) is 14.8 Å². The van der Waals surface area contributed by atoms with E-state index in [4.69, 9.17) is 0 Å². The van der Waals surface area contributed by atoms with Crippen LogP contribution in [0.15, 0.2) is 48.2 Å². The van der Waals surface area contributed by atoms with E-state index in [0.717, 1.165) is 17.9 Å². The Morgan fingerprint density at radius 2 is 2.24 bits per heavy atom. The van der Waals surface area contributed by atoms with Crippen molar-refractivity contribution in [1.82, 2.24) is 14.8 Å². The van der Waals surface area contributed by atoms with Gasteiger partial charge in [0.15, 0.2) is 5.82 Å². The molecule has 3 aromatic heterocycles. The number of hydrogen-bond acceptors (Lipinski definition) is 4. The number of pyridine rings is 1. The molecule has 0 saturated carbocycles. The average molecular weight is 296 g/mol. The lowest BCUT2D eigenvalue weighted by molar-refractivity contribution is 0.608. The Hall–Kier alpha value is -2.14. The first-order valence-corrected chi connectivity index (χ1v) is 8.07. The molecular formula is C16H16N4S. The predicted octanol–water partition coefficient (Wildman–Crippen LogP) is 3.82. The van der Waals surface area contributed by atoms with Gasteiger partial charge in [-0.1, -0.05) is 0 Å². The topological polar surface area (TPSA) is 42.7 Å². The first-order valence-electron chi connectivity index (χ1n) is 7.19. The molecule has 106 valence electrons.